The second-order valence-electron chi connectivity index (χ2n) is 21.0. The van der Waals surface area contributed by atoms with Gasteiger partial charge < -0.3 is 25.5 Å². The van der Waals surface area contributed by atoms with E-state index in [1.54, 1.807) is 0 Å². The molecule has 7 aliphatic rings. The molecule has 0 aromatic rings. The number of piperidine rings is 1. The molecule has 0 spiro atoms. The average molecular weight is 765 g/mol. The molecular formula is C46H69FN2O6. The molecule has 1 aliphatic heterocycles. The summed E-state index contributed by atoms with van der Waals surface area (Å²) < 4.78 is 14.0. The lowest BCUT2D eigenvalue weighted by Gasteiger charge is -2.72. The highest BCUT2D eigenvalue weighted by molar-refractivity contribution is 5.98. The van der Waals surface area contributed by atoms with Crippen molar-refractivity contribution in [2.75, 3.05) is 32.9 Å². The lowest BCUT2D eigenvalue weighted by molar-refractivity contribution is -0.221. The van der Waals surface area contributed by atoms with E-state index in [9.17, 15) is 34.1 Å². The lowest BCUT2D eigenvalue weighted by Crippen LogP contribution is -2.68. The van der Waals surface area contributed by atoms with Crippen LogP contribution in [0.5, 0.6) is 0 Å². The predicted molar refractivity (Wildman–Crippen MR) is 212 cm³/mol. The zero-order valence-corrected chi connectivity index (χ0v) is 34.6. The molecule has 6 aliphatic carbocycles. The molecule has 1 saturated heterocycles. The smallest absolute Gasteiger partial charge is 0.321 e. The van der Waals surface area contributed by atoms with E-state index >= 15 is 0 Å². The van der Waals surface area contributed by atoms with Crippen molar-refractivity contribution < 1.29 is 34.1 Å². The highest BCUT2D eigenvalue weighted by Gasteiger charge is 2.70. The summed E-state index contributed by atoms with van der Waals surface area (Å²) in [5.41, 5.74) is 1.58. The topological polar surface area (TPSA) is 127 Å². The van der Waals surface area contributed by atoms with Crippen molar-refractivity contribution in [1.82, 2.24) is 10.2 Å². The maximum atomic E-state index is 14.0. The molecule has 10 atom stereocenters. The van der Waals surface area contributed by atoms with Crippen LogP contribution in [0.1, 0.15) is 131 Å². The molecule has 5 fully saturated rings. The van der Waals surface area contributed by atoms with E-state index in [1.165, 1.54) is 55.2 Å². The Morgan fingerprint density at radius 3 is 2.09 bits per heavy atom. The lowest BCUT2D eigenvalue weighted by atomic mass is 9.33. The quantitative estimate of drug-likeness (QED) is 0.128. The van der Waals surface area contributed by atoms with E-state index in [0.717, 1.165) is 32.4 Å². The van der Waals surface area contributed by atoms with Crippen molar-refractivity contribution in [1.29, 1.82) is 0 Å². The van der Waals surface area contributed by atoms with Crippen molar-refractivity contribution in [3.05, 3.63) is 35.5 Å². The molecule has 9 heteroatoms. The molecule has 0 aromatic carbocycles. The number of allylic oxidation sites excluding steroid dienone is 5. The van der Waals surface area contributed by atoms with E-state index in [4.69, 9.17) is 0 Å². The van der Waals surface area contributed by atoms with E-state index in [-0.39, 0.29) is 46.5 Å². The van der Waals surface area contributed by atoms with Gasteiger partial charge >= 0.3 is 17.9 Å². The van der Waals surface area contributed by atoms with Crippen LogP contribution in [0.4, 0.5) is 4.39 Å². The van der Waals surface area contributed by atoms with Crippen LogP contribution < -0.4 is 5.32 Å². The third-order valence-electron chi connectivity index (χ3n) is 18.7. The van der Waals surface area contributed by atoms with Gasteiger partial charge in [-0.3, -0.25) is 14.4 Å². The molecule has 4 saturated carbocycles. The Hall–Kier alpha value is -2.52. The third kappa shape index (κ3) is 5.87. The minimum atomic E-state index is -1.67. The summed E-state index contributed by atoms with van der Waals surface area (Å²) in [5, 5.41) is 33.4. The van der Waals surface area contributed by atoms with Crippen LogP contribution in [-0.4, -0.2) is 76.5 Å². The average Bonchev–Trinajstić information content (AvgIpc) is 3.52. The fraction of sp³-hybridized carbons (Fsp3) is 0.804. The number of hydrogen-bond acceptors (Lipinski definition) is 5. The van der Waals surface area contributed by atoms with Crippen LogP contribution in [0.15, 0.2) is 35.5 Å². The van der Waals surface area contributed by atoms with Crippen LogP contribution >= 0.6 is 0 Å². The first-order chi connectivity index (χ1) is 25.8. The summed E-state index contributed by atoms with van der Waals surface area (Å²) in [4.78, 5) is 38.0. The number of halogens is 1. The zero-order valence-electron chi connectivity index (χ0n) is 34.6. The van der Waals surface area contributed by atoms with Crippen LogP contribution in [0.25, 0.3) is 0 Å². The van der Waals surface area contributed by atoms with Crippen LogP contribution in [0.2, 0.25) is 0 Å². The largest absolute Gasteiger partial charge is 0.481 e. The molecule has 1 heterocycles. The van der Waals surface area contributed by atoms with Crippen molar-refractivity contribution in [2.45, 2.75) is 137 Å². The van der Waals surface area contributed by atoms with Gasteiger partial charge in [0.1, 0.15) is 6.67 Å². The minimum absolute atomic E-state index is 0.0455. The Labute approximate surface area is 328 Å². The number of alkyl halides is 1. The molecule has 4 N–H and O–H groups in total. The maximum Gasteiger partial charge on any atom is 0.321 e. The molecule has 0 aromatic heterocycles. The number of rotatable bonds is 10. The summed E-state index contributed by atoms with van der Waals surface area (Å²) in [7, 11) is 0. The van der Waals surface area contributed by atoms with Gasteiger partial charge in [-0.2, -0.15) is 0 Å². The summed E-state index contributed by atoms with van der Waals surface area (Å²) in [5.74, 6) is -0.706. The normalized spacial score (nSPS) is 43.4. The number of fused-ring (bicyclic) bond motifs is 7. The molecular weight excluding hydrogens is 696 g/mol. The van der Waals surface area contributed by atoms with Gasteiger partial charge in [0.2, 0.25) is 0 Å². The monoisotopic (exact) mass is 765 g/mol. The Bertz CT molecular complexity index is 1650. The highest BCUT2D eigenvalue weighted by atomic mass is 19.1. The molecule has 306 valence electrons. The predicted octanol–water partition coefficient (Wildman–Crippen LogP) is 8.92. The maximum absolute atomic E-state index is 14.0. The summed E-state index contributed by atoms with van der Waals surface area (Å²) in [6.07, 6.45) is 16.7. The second kappa shape index (κ2) is 13.8. The van der Waals surface area contributed by atoms with Gasteiger partial charge in [0.05, 0.1) is 5.41 Å². The molecule has 1 unspecified atom stereocenters. The number of carbonyl (C=O) groups is 3. The van der Waals surface area contributed by atoms with Crippen molar-refractivity contribution in [3.63, 3.8) is 0 Å². The Morgan fingerprint density at radius 1 is 0.818 bits per heavy atom. The van der Waals surface area contributed by atoms with E-state index in [1.807, 2.05) is 0 Å². The standard InChI is InChI=1S/C46H69FN2O6/c1-29(2)31-12-19-46(48-24-27-49-25-22-45(23-26-49,38(52)53)39(54)55)21-20-42(6)33(36(31)46)8-9-35-41(5)15-13-32(40(3,4)34(41)14-16-43(35,42)7)30-10-17-44(28-47,18-11-30)37(50)51/h10,13,31,33-36,48H,1,8-9,11-12,14-28H2,2-7H3,(H,50,51)(H,52,53)(H,54,55)/t31-,33+,34-,35+,36+,41-,42+,43+,44?,46-/m0/s1. The van der Waals surface area contributed by atoms with E-state index in [0.29, 0.717) is 55.5 Å². The summed E-state index contributed by atoms with van der Waals surface area (Å²) in [6.45, 7) is 21.4. The van der Waals surface area contributed by atoms with Crippen molar-refractivity contribution >= 4 is 17.9 Å². The molecule has 55 heavy (non-hydrogen) atoms. The van der Waals surface area contributed by atoms with Gasteiger partial charge in [0.25, 0.3) is 0 Å². The Kier molecular flexibility index (Phi) is 10.2. The molecule has 0 radical (unpaired) electrons. The number of nitrogens with one attached hydrogen (secondary N) is 1. The van der Waals surface area contributed by atoms with E-state index in [2.05, 4.69) is 70.5 Å². The van der Waals surface area contributed by atoms with Crippen LogP contribution in [0, 0.1) is 62.1 Å². The van der Waals surface area contributed by atoms with Crippen molar-refractivity contribution in [2.24, 2.45) is 62.1 Å². The SMILES string of the molecule is C=C(C)[C@@H]1CC[C@]2(NCCN3CCC(C(=O)O)(C(=O)O)CC3)CC[C@]3(C)[C@H](CC[C@@H]4[C@@]5(C)CC=C(C6=CCC(CF)(C(=O)O)CC6)C(C)(C)[C@@H]5CC[C@]43C)[C@@H]12. The Balaban J connectivity index is 1.10. The van der Waals surface area contributed by atoms with Crippen LogP contribution in [-0.2, 0) is 14.4 Å². The van der Waals surface area contributed by atoms with Gasteiger partial charge in [-0.05, 0) is 172 Å². The molecule has 0 amide bonds. The zero-order chi connectivity index (χ0) is 40.0. The molecule has 8 nitrogen and oxygen atoms in total. The first-order valence-electron chi connectivity index (χ1n) is 21.6. The van der Waals surface area contributed by atoms with Gasteiger partial charge in [0.15, 0.2) is 5.41 Å². The highest BCUT2D eigenvalue weighted by Crippen LogP contribution is 2.76. The summed E-state index contributed by atoms with van der Waals surface area (Å²) in [6, 6.07) is 0. The van der Waals surface area contributed by atoms with Crippen molar-refractivity contribution in [3.8, 4) is 0 Å². The molecule has 7 rings (SSSR count). The van der Waals surface area contributed by atoms with Gasteiger partial charge in [-0.15, -0.1) is 0 Å². The number of hydrogen-bond donors (Lipinski definition) is 4. The number of nitrogens with zero attached hydrogens (tertiary/aromatic N) is 1. The minimum Gasteiger partial charge on any atom is -0.481 e. The Morgan fingerprint density at radius 2 is 1.51 bits per heavy atom. The van der Waals surface area contributed by atoms with E-state index < -0.39 is 35.4 Å². The van der Waals surface area contributed by atoms with Gasteiger partial charge in [-0.1, -0.05) is 58.9 Å². The summed E-state index contributed by atoms with van der Waals surface area (Å²) >= 11 is 0. The first-order valence-corrected chi connectivity index (χ1v) is 21.6. The fourth-order valence-electron chi connectivity index (χ4n) is 15.3. The number of carboxylic acids is 3. The first kappa shape index (κ1) is 40.7. The number of carboxylic acid groups (broad SMARTS) is 3. The number of aliphatic carboxylic acids is 3. The molecule has 0 bridgehead atoms. The van der Waals surface area contributed by atoms with Gasteiger partial charge in [-0.25, -0.2) is 4.39 Å². The fourth-order valence-corrected chi connectivity index (χ4v) is 15.3. The number of likely N-dealkylation sites (tertiary alicyclic amines) is 1. The van der Waals surface area contributed by atoms with Gasteiger partial charge in [0, 0.05) is 18.6 Å². The third-order valence-corrected chi connectivity index (χ3v) is 18.7. The van der Waals surface area contributed by atoms with Crippen LogP contribution in [0.3, 0.4) is 0 Å². The second-order valence-corrected chi connectivity index (χ2v) is 21.0.